The van der Waals surface area contributed by atoms with Crippen LogP contribution < -0.4 is 4.74 Å². The Bertz CT molecular complexity index is 888. The largest absolute Gasteiger partial charge is 0.496 e. The van der Waals surface area contributed by atoms with Gasteiger partial charge in [-0.15, -0.1) is 0 Å². The second-order valence-electron chi connectivity index (χ2n) is 5.21. The zero-order valence-electron chi connectivity index (χ0n) is 13.0. The molecule has 0 aliphatic carbocycles. The average molecular weight is 329 g/mol. The molecule has 0 spiro atoms. The van der Waals surface area contributed by atoms with Gasteiger partial charge in [0.15, 0.2) is 17.3 Å². The Morgan fingerprint density at radius 2 is 1.92 bits per heavy atom. The molecule has 1 heterocycles. The molecule has 1 aliphatic heterocycles. The van der Waals surface area contributed by atoms with Gasteiger partial charge in [-0.3, -0.25) is 0 Å². The van der Waals surface area contributed by atoms with Gasteiger partial charge in [0.1, 0.15) is 5.75 Å². The Kier molecular flexibility index (Phi) is 4.12. The maximum atomic E-state index is 13.3. The number of rotatable bonds is 3. The predicted octanol–water partition coefficient (Wildman–Crippen LogP) is 3.63. The first-order valence-corrected chi connectivity index (χ1v) is 7.10. The van der Waals surface area contributed by atoms with E-state index in [2.05, 4.69) is 4.99 Å². The predicted molar refractivity (Wildman–Crippen MR) is 84.7 cm³/mol. The van der Waals surface area contributed by atoms with Crippen LogP contribution in [0.1, 0.15) is 16.7 Å². The topological polar surface area (TPSA) is 47.9 Å². The fraction of sp³-hybridized carbons (Fsp3) is 0.111. The number of ether oxygens (including phenoxy) is 2. The van der Waals surface area contributed by atoms with Crippen LogP contribution in [0.5, 0.6) is 5.75 Å². The van der Waals surface area contributed by atoms with Gasteiger partial charge < -0.3 is 9.47 Å². The molecule has 0 saturated heterocycles. The SMILES string of the molecule is COc1ccc(C)cc1/C=C1/N=C(c2ccc(F)c(F)c2)OC1=O. The Morgan fingerprint density at radius 1 is 1.12 bits per heavy atom. The summed E-state index contributed by atoms with van der Waals surface area (Å²) in [5.74, 6) is -2.18. The van der Waals surface area contributed by atoms with Crippen molar-refractivity contribution in [3.05, 3.63) is 70.4 Å². The summed E-state index contributed by atoms with van der Waals surface area (Å²) in [6.07, 6.45) is 1.53. The minimum absolute atomic E-state index is 0.0543. The first-order chi connectivity index (χ1) is 11.5. The monoisotopic (exact) mass is 329 g/mol. The van der Waals surface area contributed by atoms with E-state index in [4.69, 9.17) is 9.47 Å². The van der Waals surface area contributed by atoms with Crippen molar-refractivity contribution < 1.29 is 23.0 Å². The van der Waals surface area contributed by atoms with Crippen molar-refractivity contribution in [1.29, 1.82) is 0 Å². The number of benzene rings is 2. The van der Waals surface area contributed by atoms with Crippen LogP contribution in [0.4, 0.5) is 8.78 Å². The molecule has 0 atom stereocenters. The van der Waals surface area contributed by atoms with E-state index in [1.54, 1.807) is 6.07 Å². The molecule has 6 heteroatoms. The summed E-state index contributed by atoms with van der Waals surface area (Å²) in [6, 6.07) is 8.67. The maximum absolute atomic E-state index is 13.3. The van der Waals surface area contributed by atoms with Gasteiger partial charge in [0.2, 0.25) is 5.90 Å². The zero-order valence-corrected chi connectivity index (χ0v) is 13.0. The van der Waals surface area contributed by atoms with Crippen molar-refractivity contribution >= 4 is 17.9 Å². The normalized spacial score (nSPS) is 15.4. The average Bonchev–Trinajstić information content (AvgIpc) is 2.91. The lowest BCUT2D eigenvalue weighted by Crippen LogP contribution is -2.06. The van der Waals surface area contributed by atoms with E-state index in [1.807, 2.05) is 19.1 Å². The highest BCUT2D eigenvalue weighted by Gasteiger charge is 2.25. The van der Waals surface area contributed by atoms with E-state index >= 15 is 0 Å². The van der Waals surface area contributed by atoms with Crippen LogP contribution in [0, 0.1) is 18.6 Å². The van der Waals surface area contributed by atoms with Crippen LogP contribution in [0.25, 0.3) is 6.08 Å². The third-order valence-electron chi connectivity index (χ3n) is 3.46. The number of aliphatic imine (C=N–C) groups is 1. The molecule has 0 bridgehead atoms. The first kappa shape index (κ1) is 15.9. The molecule has 0 saturated carbocycles. The van der Waals surface area contributed by atoms with Gasteiger partial charge in [0.25, 0.3) is 0 Å². The highest BCUT2D eigenvalue weighted by Crippen LogP contribution is 2.25. The number of halogens is 2. The van der Waals surface area contributed by atoms with Gasteiger partial charge in [-0.05, 0) is 43.3 Å². The zero-order chi connectivity index (χ0) is 17.3. The molecule has 1 aliphatic rings. The summed E-state index contributed by atoms with van der Waals surface area (Å²) in [4.78, 5) is 16.1. The van der Waals surface area contributed by atoms with Crippen LogP contribution in [0.3, 0.4) is 0 Å². The minimum atomic E-state index is -1.04. The van der Waals surface area contributed by atoms with Crippen LogP contribution in [-0.2, 0) is 9.53 Å². The third-order valence-corrected chi connectivity index (χ3v) is 3.46. The quantitative estimate of drug-likeness (QED) is 0.638. The smallest absolute Gasteiger partial charge is 0.363 e. The fourth-order valence-electron chi connectivity index (χ4n) is 2.28. The van der Waals surface area contributed by atoms with Gasteiger partial charge in [-0.1, -0.05) is 11.6 Å². The van der Waals surface area contributed by atoms with Gasteiger partial charge in [0.05, 0.1) is 7.11 Å². The number of nitrogens with zero attached hydrogens (tertiary/aromatic N) is 1. The summed E-state index contributed by atoms with van der Waals surface area (Å²) in [6.45, 7) is 1.91. The molecule has 0 N–H and O–H groups in total. The highest BCUT2D eigenvalue weighted by atomic mass is 19.2. The fourth-order valence-corrected chi connectivity index (χ4v) is 2.28. The summed E-state index contributed by atoms with van der Waals surface area (Å²) in [5.41, 5.74) is 1.89. The molecule has 0 aromatic heterocycles. The van der Waals surface area contributed by atoms with Crippen molar-refractivity contribution in [3.63, 3.8) is 0 Å². The van der Waals surface area contributed by atoms with Crippen molar-refractivity contribution in [2.24, 2.45) is 4.99 Å². The number of methoxy groups -OCH3 is 1. The lowest BCUT2D eigenvalue weighted by atomic mass is 10.1. The highest BCUT2D eigenvalue weighted by molar-refractivity contribution is 6.12. The Morgan fingerprint density at radius 3 is 2.62 bits per heavy atom. The lowest BCUT2D eigenvalue weighted by Gasteiger charge is -2.05. The molecule has 122 valence electrons. The molecule has 0 fully saturated rings. The summed E-state index contributed by atoms with van der Waals surface area (Å²) in [5, 5.41) is 0. The minimum Gasteiger partial charge on any atom is -0.496 e. The van der Waals surface area contributed by atoms with Crippen LogP contribution in [0.2, 0.25) is 0 Å². The molecule has 0 amide bonds. The van der Waals surface area contributed by atoms with Crippen LogP contribution >= 0.6 is 0 Å². The van der Waals surface area contributed by atoms with Crippen LogP contribution in [-0.4, -0.2) is 19.0 Å². The lowest BCUT2D eigenvalue weighted by molar-refractivity contribution is -0.129. The number of cyclic esters (lactones) is 1. The molecule has 24 heavy (non-hydrogen) atoms. The molecule has 0 radical (unpaired) electrons. The van der Waals surface area contributed by atoms with Gasteiger partial charge >= 0.3 is 5.97 Å². The first-order valence-electron chi connectivity index (χ1n) is 7.10. The summed E-state index contributed by atoms with van der Waals surface area (Å²) >= 11 is 0. The molecule has 0 unspecified atom stereocenters. The van der Waals surface area contributed by atoms with Crippen molar-refractivity contribution in [2.45, 2.75) is 6.92 Å². The number of hydrogen-bond donors (Lipinski definition) is 0. The Balaban J connectivity index is 2.00. The Labute approximate surface area is 137 Å². The molecule has 2 aromatic carbocycles. The number of carbonyl (C=O) groups is 1. The Hall–Kier alpha value is -3.02. The number of aryl methyl sites for hydroxylation is 1. The van der Waals surface area contributed by atoms with Gasteiger partial charge in [0, 0.05) is 11.1 Å². The number of hydrogen-bond acceptors (Lipinski definition) is 4. The molecule has 3 rings (SSSR count). The van der Waals surface area contributed by atoms with E-state index in [1.165, 1.54) is 19.3 Å². The number of carbonyl (C=O) groups excluding carboxylic acids is 1. The molecular weight excluding hydrogens is 316 g/mol. The molecule has 4 nitrogen and oxygen atoms in total. The van der Waals surface area contributed by atoms with E-state index in [0.29, 0.717) is 11.3 Å². The standard InChI is InChI=1S/C18H13F2NO3/c1-10-3-6-16(23-2)12(7-10)9-15-18(22)24-17(21-15)11-4-5-13(19)14(20)8-11/h3-9H,1-2H3/b15-9+. The van der Waals surface area contributed by atoms with E-state index in [0.717, 1.165) is 17.7 Å². The summed E-state index contributed by atoms with van der Waals surface area (Å²) in [7, 11) is 1.52. The van der Waals surface area contributed by atoms with Crippen molar-refractivity contribution in [1.82, 2.24) is 0 Å². The molecule has 2 aromatic rings. The van der Waals surface area contributed by atoms with Gasteiger partial charge in [-0.2, -0.15) is 0 Å². The van der Waals surface area contributed by atoms with E-state index in [9.17, 15) is 13.6 Å². The van der Waals surface area contributed by atoms with Crippen molar-refractivity contribution in [2.75, 3.05) is 7.11 Å². The van der Waals surface area contributed by atoms with Gasteiger partial charge in [-0.25, -0.2) is 18.6 Å². The number of esters is 1. The molecular formula is C18H13F2NO3. The second kappa shape index (κ2) is 6.23. The van der Waals surface area contributed by atoms with Crippen LogP contribution in [0.15, 0.2) is 47.1 Å². The third kappa shape index (κ3) is 3.03. The van der Waals surface area contributed by atoms with Crippen molar-refractivity contribution in [3.8, 4) is 5.75 Å². The van der Waals surface area contributed by atoms with E-state index < -0.39 is 17.6 Å². The maximum Gasteiger partial charge on any atom is 0.363 e. The van der Waals surface area contributed by atoms with E-state index in [-0.39, 0.29) is 17.2 Å². The summed E-state index contributed by atoms with van der Waals surface area (Å²) < 4.78 is 36.6. The second-order valence-corrected chi connectivity index (χ2v) is 5.21.